The summed E-state index contributed by atoms with van der Waals surface area (Å²) in [5, 5.41) is 5.65. The third kappa shape index (κ3) is 3.92. The standard InChI is InChI=1S/C20H18N4O3S/c1-28(25,26)27-13-12-24-14-17(20(23-24)19-8-4-5-10-21-19)15-9-11-22-18-7-3-2-6-16(15)18/h2-11,14H,12-13H2,1H3. The van der Waals surface area contributed by atoms with Gasteiger partial charge in [-0.2, -0.15) is 13.5 Å². The first kappa shape index (κ1) is 18.3. The first-order valence-corrected chi connectivity index (χ1v) is 10.5. The van der Waals surface area contributed by atoms with Crippen molar-refractivity contribution >= 4 is 21.0 Å². The quantitative estimate of drug-likeness (QED) is 0.467. The second-order valence-electron chi connectivity index (χ2n) is 6.27. The van der Waals surface area contributed by atoms with E-state index < -0.39 is 10.1 Å². The Morgan fingerprint density at radius 2 is 1.79 bits per heavy atom. The van der Waals surface area contributed by atoms with Crippen molar-refractivity contribution in [2.45, 2.75) is 6.54 Å². The number of pyridine rings is 2. The summed E-state index contributed by atoms with van der Waals surface area (Å²) in [5.74, 6) is 0. The monoisotopic (exact) mass is 394 g/mol. The highest BCUT2D eigenvalue weighted by atomic mass is 32.2. The molecule has 3 heterocycles. The van der Waals surface area contributed by atoms with Crippen molar-refractivity contribution in [1.82, 2.24) is 19.7 Å². The van der Waals surface area contributed by atoms with Crippen molar-refractivity contribution < 1.29 is 12.6 Å². The molecule has 0 aliphatic rings. The van der Waals surface area contributed by atoms with Crippen molar-refractivity contribution in [2.24, 2.45) is 0 Å². The molecule has 0 amide bonds. The van der Waals surface area contributed by atoms with Gasteiger partial charge in [-0.05, 0) is 29.8 Å². The summed E-state index contributed by atoms with van der Waals surface area (Å²) in [4.78, 5) is 8.85. The molecule has 0 radical (unpaired) electrons. The predicted octanol–water partition coefficient (Wildman–Crippen LogP) is 3.14. The lowest BCUT2D eigenvalue weighted by atomic mass is 10.0. The zero-order chi connectivity index (χ0) is 19.6. The minimum Gasteiger partial charge on any atom is -0.269 e. The zero-order valence-electron chi connectivity index (χ0n) is 15.2. The van der Waals surface area contributed by atoms with Crippen LogP contribution in [0.15, 0.2) is 67.1 Å². The molecule has 0 N–H and O–H groups in total. The van der Waals surface area contributed by atoms with E-state index in [4.69, 9.17) is 4.18 Å². The molecule has 0 atom stereocenters. The van der Waals surface area contributed by atoms with E-state index in [-0.39, 0.29) is 6.61 Å². The molecule has 1 aromatic carbocycles. The van der Waals surface area contributed by atoms with Gasteiger partial charge in [0, 0.05) is 29.5 Å². The zero-order valence-corrected chi connectivity index (χ0v) is 16.0. The summed E-state index contributed by atoms with van der Waals surface area (Å²) >= 11 is 0. The van der Waals surface area contributed by atoms with Crippen LogP contribution in [0.4, 0.5) is 0 Å². The van der Waals surface area contributed by atoms with Crippen LogP contribution in [0.5, 0.6) is 0 Å². The van der Waals surface area contributed by atoms with E-state index in [9.17, 15) is 8.42 Å². The number of benzene rings is 1. The van der Waals surface area contributed by atoms with Crippen LogP contribution in [-0.4, -0.2) is 41.0 Å². The third-order valence-electron chi connectivity index (χ3n) is 4.23. The normalized spacial score (nSPS) is 11.8. The molecule has 0 fully saturated rings. The Balaban J connectivity index is 1.81. The fourth-order valence-corrected chi connectivity index (χ4v) is 3.42. The van der Waals surface area contributed by atoms with Crippen molar-refractivity contribution in [3.05, 3.63) is 67.1 Å². The summed E-state index contributed by atoms with van der Waals surface area (Å²) < 4.78 is 29.0. The summed E-state index contributed by atoms with van der Waals surface area (Å²) in [5.41, 5.74) is 4.23. The summed E-state index contributed by atoms with van der Waals surface area (Å²) in [6, 6.07) is 15.5. The number of aromatic nitrogens is 4. The molecule has 3 aromatic heterocycles. The topological polar surface area (TPSA) is 87.0 Å². The van der Waals surface area contributed by atoms with Crippen molar-refractivity contribution in [3.63, 3.8) is 0 Å². The molecule has 28 heavy (non-hydrogen) atoms. The lowest BCUT2D eigenvalue weighted by Gasteiger charge is -2.06. The van der Waals surface area contributed by atoms with Crippen LogP contribution in [0.1, 0.15) is 0 Å². The van der Waals surface area contributed by atoms with Crippen LogP contribution in [-0.2, 0) is 20.8 Å². The van der Waals surface area contributed by atoms with Gasteiger partial charge in [-0.3, -0.25) is 18.8 Å². The Morgan fingerprint density at radius 3 is 2.57 bits per heavy atom. The summed E-state index contributed by atoms with van der Waals surface area (Å²) in [6.45, 7) is 0.314. The van der Waals surface area contributed by atoms with E-state index in [1.54, 1.807) is 17.1 Å². The fraction of sp³-hybridized carbons (Fsp3) is 0.150. The van der Waals surface area contributed by atoms with Crippen LogP contribution in [0, 0.1) is 0 Å². The van der Waals surface area contributed by atoms with Crippen LogP contribution in [0.3, 0.4) is 0 Å². The Kier molecular flexibility index (Phi) is 4.89. The first-order chi connectivity index (χ1) is 13.5. The predicted molar refractivity (Wildman–Crippen MR) is 107 cm³/mol. The van der Waals surface area contributed by atoms with E-state index in [0.717, 1.165) is 39.7 Å². The van der Waals surface area contributed by atoms with Crippen molar-refractivity contribution in [3.8, 4) is 22.5 Å². The molecular formula is C20H18N4O3S. The molecule has 8 heteroatoms. The maximum atomic E-state index is 11.2. The van der Waals surface area contributed by atoms with Crippen LogP contribution in [0.25, 0.3) is 33.4 Å². The van der Waals surface area contributed by atoms with Gasteiger partial charge >= 0.3 is 0 Å². The van der Waals surface area contributed by atoms with E-state index in [1.807, 2.05) is 54.7 Å². The number of nitrogens with zero attached hydrogens (tertiary/aromatic N) is 4. The second kappa shape index (κ2) is 7.49. The molecule has 0 spiro atoms. The van der Waals surface area contributed by atoms with Gasteiger partial charge < -0.3 is 0 Å². The van der Waals surface area contributed by atoms with Gasteiger partial charge in [0.15, 0.2) is 0 Å². The fourth-order valence-electron chi connectivity index (χ4n) is 3.04. The Hall–Kier alpha value is -3.10. The Morgan fingerprint density at radius 1 is 0.964 bits per heavy atom. The highest BCUT2D eigenvalue weighted by Crippen LogP contribution is 2.34. The minimum atomic E-state index is -3.49. The molecule has 0 saturated carbocycles. The van der Waals surface area contributed by atoms with E-state index in [1.165, 1.54) is 0 Å². The Labute approximate surface area is 162 Å². The summed E-state index contributed by atoms with van der Waals surface area (Å²) in [6.07, 6.45) is 6.40. The van der Waals surface area contributed by atoms with Gasteiger partial charge in [0.05, 0.1) is 30.6 Å². The van der Waals surface area contributed by atoms with Gasteiger partial charge in [0.1, 0.15) is 5.69 Å². The second-order valence-corrected chi connectivity index (χ2v) is 7.92. The molecular weight excluding hydrogens is 376 g/mol. The SMILES string of the molecule is CS(=O)(=O)OCCn1cc(-c2ccnc3ccccc23)c(-c2ccccn2)n1. The highest BCUT2D eigenvalue weighted by molar-refractivity contribution is 7.85. The number of hydrogen-bond donors (Lipinski definition) is 0. The summed E-state index contributed by atoms with van der Waals surface area (Å²) in [7, 11) is -3.49. The smallest absolute Gasteiger partial charge is 0.264 e. The number of rotatable bonds is 6. The van der Waals surface area contributed by atoms with E-state index >= 15 is 0 Å². The number of fused-ring (bicyclic) bond motifs is 1. The average Bonchev–Trinajstić information content (AvgIpc) is 3.11. The lowest BCUT2D eigenvalue weighted by molar-refractivity contribution is 0.297. The van der Waals surface area contributed by atoms with Gasteiger partial charge in [-0.1, -0.05) is 24.3 Å². The maximum absolute atomic E-state index is 11.2. The van der Waals surface area contributed by atoms with Gasteiger partial charge in [0.2, 0.25) is 0 Å². The van der Waals surface area contributed by atoms with Crippen molar-refractivity contribution in [1.29, 1.82) is 0 Å². The molecule has 4 rings (SSSR count). The van der Waals surface area contributed by atoms with Gasteiger partial charge in [-0.25, -0.2) is 0 Å². The highest BCUT2D eigenvalue weighted by Gasteiger charge is 2.16. The van der Waals surface area contributed by atoms with Crippen LogP contribution < -0.4 is 0 Å². The van der Waals surface area contributed by atoms with Crippen molar-refractivity contribution in [2.75, 3.05) is 12.9 Å². The lowest BCUT2D eigenvalue weighted by Crippen LogP contribution is -2.10. The first-order valence-electron chi connectivity index (χ1n) is 8.69. The van der Waals surface area contributed by atoms with Crippen LogP contribution >= 0.6 is 0 Å². The third-order valence-corrected chi connectivity index (χ3v) is 4.82. The molecule has 7 nitrogen and oxygen atoms in total. The molecule has 0 saturated heterocycles. The molecule has 0 unspecified atom stereocenters. The number of para-hydroxylation sites is 1. The van der Waals surface area contributed by atoms with Crippen LogP contribution in [0.2, 0.25) is 0 Å². The average molecular weight is 394 g/mol. The molecule has 0 aliphatic heterocycles. The van der Waals surface area contributed by atoms with E-state index in [2.05, 4.69) is 15.1 Å². The molecule has 0 aliphatic carbocycles. The Bertz CT molecular complexity index is 1220. The molecule has 4 aromatic rings. The van der Waals surface area contributed by atoms with E-state index in [0.29, 0.717) is 6.54 Å². The molecule has 0 bridgehead atoms. The minimum absolute atomic E-state index is 0.0126. The molecule has 142 valence electrons. The van der Waals surface area contributed by atoms with Gasteiger partial charge in [0.25, 0.3) is 10.1 Å². The largest absolute Gasteiger partial charge is 0.269 e. The number of hydrogen-bond acceptors (Lipinski definition) is 6. The maximum Gasteiger partial charge on any atom is 0.264 e. The van der Waals surface area contributed by atoms with Gasteiger partial charge in [-0.15, -0.1) is 0 Å².